The normalized spacial score (nSPS) is 10.3. The number of nitrogens with one attached hydrogen (secondary N) is 2. The standard InChI is InChI=1S/C25H30N2O6/c1-4-5-12-32-25(31)19-6-8-20(9-7-19)26-22(28)10-11-24(30)33-16-23(29)27-21-14-17(2)13-18(3)15-21/h6-9,13-15H,4-5,10-12,16H2,1-3H3,(H,26,28)(H,27,29). The molecule has 8 nitrogen and oxygen atoms in total. The van der Waals surface area contributed by atoms with Gasteiger partial charge in [0.25, 0.3) is 5.91 Å². The Morgan fingerprint density at radius 3 is 2.06 bits per heavy atom. The highest BCUT2D eigenvalue weighted by atomic mass is 16.5. The molecule has 8 heteroatoms. The summed E-state index contributed by atoms with van der Waals surface area (Å²) in [6.07, 6.45) is 1.48. The van der Waals surface area contributed by atoms with Crippen molar-refractivity contribution in [3.8, 4) is 0 Å². The molecule has 0 aliphatic rings. The molecule has 2 N–H and O–H groups in total. The number of rotatable bonds is 11. The Labute approximate surface area is 193 Å². The van der Waals surface area contributed by atoms with Crippen LogP contribution < -0.4 is 10.6 Å². The highest BCUT2D eigenvalue weighted by Gasteiger charge is 2.12. The lowest BCUT2D eigenvalue weighted by Gasteiger charge is -2.09. The third kappa shape index (κ3) is 9.55. The molecule has 2 amide bonds. The van der Waals surface area contributed by atoms with E-state index < -0.39 is 24.5 Å². The second-order valence-electron chi connectivity index (χ2n) is 7.70. The molecule has 2 aromatic rings. The number of anilines is 2. The number of benzene rings is 2. The van der Waals surface area contributed by atoms with E-state index in [9.17, 15) is 19.2 Å². The number of ether oxygens (including phenoxy) is 2. The molecule has 0 heterocycles. The molecule has 2 aromatic carbocycles. The van der Waals surface area contributed by atoms with E-state index in [0.29, 0.717) is 23.5 Å². The smallest absolute Gasteiger partial charge is 0.338 e. The first-order chi connectivity index (χ1) is 15.8. The lowest BCUT2D eigenvalue weighted by atomic mass is 10.1. The van der Waals surface area contributed by atoms with Crippen molar-refractivity contribution >= 4 is 35.1 Å². The van der Waals surface area contributed by atoms with Gasteiger partial charge in [0, 0.05) is 17.8 Å². The van der Waals surface area contributed by atoms with Crippen LogP contribution in [0.4, 0.5) is 11.4 Å². The van der Waals surface area contributed by atoms with E-state index in [1.165, 1.54) is 0 Å². The van der Waals surface area contributed by atoms with Gasteiger partial charge in [0.2, 0.25) is 5.91 Å². The quantitative estimate of drug-likeness (QED) is 0.390. The molecule has 0 saturated heterocycles. The Hall–Kier alpha value is -3.68. The minimum Gasteiger partial charge on any atom is -0.462 e. The van der Waals surface area contributed by atoms with Gasteiger partial charge in [0.15, 0.2) is 6.61 Å². The van der Waals surface area contributed by atoms with Gasteiger partial charge in [-0.2, -0.15) is 0 Å². The summed E-state index contributed by atoms with van der Waals surface area (Å²) in [5.41, 5.74) is 3.54. The SMILES string of the molecule is CCCCOC(=O)c1ccc(NC(=O)CCC(=O)OCC(=O)Nc2cc(C)cc(C)c2)cc1. The number of amides is 2. The van der Waals surface area contributed by atoms with Crippen LogP contribution in [0.3, 0.4) is 0 Å². The average Bonchev–Trinajstić information content (AvgIpc) is 2.76. The van der Waals surface area contributed by atoms with E-state index in [2.05, 4.69) is 10.6 Å². The Morgan fingerprint density at radius 2 is 1.42 bits per heavy atom. The van der Waals surface area contributed by atoms with Crippen molar-refractivity contribution in [3.05, 3.63) is 59.2 Å². The maximum absolute atomic E-state index is 12.1. The molecule has 33 heavy (non-hydrogen) atoms. The number of hydrogen-bond donors (Lipinski definition) is 2. The molecule has 0 radical (unpaired) electrons. The highest BCUT2D eigenvalue weighted by molar-refractivity contribution is 5.95. The Kier molecular flexibility index (Phi) is 10.1. The predicted molar refractivity (Wildman–Crippen MR) is 125 cm³/mol. The first-order valence-electron chi connectivity index (χ1n) is 10.9. The minimum atomic E-state index is -0.647. The largest absolute Gasteiger partial charge is 0.462 e. The van der Waals surface area contributed by atoms with Crippen molar-refractivity contribution in [1.82, 2.24) is 0 Å². The lowest BCUT2D eigenvalue weighted by Crippen LogP contribution is -2.22. The van der Waals surface area contributed by atoms with Crippen LogP contribution in [0.2, 0.25) is 0 Å². The van der Waals surface area contributed by atoms with E-state index in [1.54, 1.807) is 24.3 Å². The zero-order chi connectivity index (χ0) is 24.2. The summed E-state index contributed by atoms with van der Waals surface area (Å²) in [5, 5.41) is 5.32. The fourth-order valence-corrected chi connectivity index (χ4v) is 2.98. The molecule has 0 atom stereocenters. The predicted octanol–water partition coefficient (Wildman–Crippen LogP) is 4.16. The van der Waals surface area contributed by atoms with Gasteiger partial charge in [-0.05, 0) is 67.8 Å². The maximum Gasteiger partial charge on any atom is 0.338 e. The molecule has 2 rings (SSSR count). The minimum absolute atomic E-state index is 0.0989. The van der Waals surface area contributed by atoms with Crippen LogP contribution in [-0.4, -0.2) is 37.0 Å². The molecule has 0 spiro atoms. The van der Waals surface area contributed by atoms with Crippen molar-refractivity contribution < 1.29 is 28.7 Å². The molecule has 0 fully saturated rings. The van der Waals surface area contributed by atoms with E-state index in [1.807, 2.05) is 39.0 Å². The maximum atomic E-state index is 12.1. The molecule has 0 aliphatic carbocycles. The van der Waals surface area contributed by atoms with E-state index in [-0.39, 0.29) is 18.7 Å². The second kappa shape index (κ2) is 13.0. The van der Waals surface area contributed by atoms with Crippen LogP contribution >= 0.6 is 0 Å². The molecule has 0 aliphatic heterocycles. The average molecular weight is 455 g/mol. The summed E-state index contributed by atoms with van der Waals surface area (Å²) in [7, 11) is 0. The Bertz CT molecular complexity index is 965. The van der Waals surface area contributed by atoms with Crippen molar-refractivity contribution in [2.24, 2.45) is 0 Å². The topological polar surface area (TPSA) is 111 Å². The van der Waals surface area contributed by atoms with Gasteiger partial charge in [0.1, 0.15) is 0 Å². The summed E-state index contributed by atoms with van der Waals surface area (Å²) in [4.78, 5) is 47.8. The van der Waals surface area contributed by atoms with Gasteiger partial charge in [-0.3, -0.25) is 14.4 Å². The third-order valence-corrected chi connectivity index (χ3v) is 4.56. The number of unbranched alkanes of at least 4 members (excludes halogenated alkanes) is 1. The van der Waals surface area contributed by atoms with Gasteiger partial charge in [0.05, 0.1) is 18.6 Å². The molecule has 0 saturated carbocycles. The van der Waals surface area contributed by atoms with Crippen LogP contribution in [0.15, 0.2) is 42.5 Å². The van der Waals surface area contributed by atoms with Crippen LogP contribution in [0.5, 0.6) is 0 Å². The van der Waals surface area contributed by atoms with Gasteiger partial charge in [-0.25, -0.2) is 4.79 Å². The van der Waals surface area contributed by atoms with Crippen molar-refractivity contribution in [3.63, 3.8) is 0 Å². The van der Waals surface area contributed by atoms with Gasteiger partial charge in [-0.15, -0.1) is 0 Å². The monoisotopic (exact) mass is 454 g/mol. The number of aryl methyl sites for hydroxylation is 2. The summed E-state index contributed by atoms with van der Waals surface area (Å²) in [6.45, 7) is 5.80. The molecular weight excluding hydrogens is 424 g/mol. The zero-order valence-electron chi connectivity index (χ0n) is 19.2. The number of carbonyl (C=O) groups is 4. The van der Waals surface area contributed by atoms with Gasteiger partial charge >= 0.3 is 11.9 Å². The first-order valence-corrected chi connectivity index (χ1v) is 10.9. The highest BCUT2D eigenvalue weighted by Crippen LogP contribution is 2.14. The van der Waals surface area contributed by atoms with Crippen molar-refractivity contribution in [2.45, 2.75) is 46.5 Å². The Balaban J connectivity index is 1.69. The van der Waals surface area contributed by atoms with Gasteiger partial charge in [-0.1, -0.05) is 19.4 Å². The summed E-state index contributed by atoms with van der Waals surface area (Å²) < 4.78 is 10.1. The fraction of sp³-hybridized carbons (Fsp3) is 0.360. The number of carbonyl (C=O) groups excluding carboxylic acids is 4. The molecule has 176 valence electrons. The van der Waals surface area contributed by atoms with Crippen molar-refractivity contribution in [2.75, 3.05) is 23.8 Å². The number of esters is 2. The fourth-order valence-electron chi connectivity index (χ4n) is 2.98. The van der Waals surface area contributed by atoms with Crippen LogP contribution in [-0.2, 0) is 23.9 Å². The van der Waals surface area contributed by atoms with Crippen molar-refractivity contribution in [1.29, 1.82) is 0 Å². The first kappa shape index (κ1) is 25.6. The molecule has 0 aromatic heterocycles. The third-order valence-electron chi connectivity index (χ3n) is 4.56. The summed E-state index contributed by atoms with van der Waals surface area (Å²) >= 11 is 0. The van der Waals surface area contributed by atoms with Crippen LogP contribution in [0.25, 0.3) is 0 Å². The van der Waals surface area contributed by atoms with E-state index in [0.717, 1.165) is 24.0 Å². The molecule has 0 bridgehead atoms. The van der Waals surface area contributed by atoms with Crippen LogP contribution in [0, 0.1) is 13.8 Å². The van der Waals surface area contributed by atoms with Crippen LogP contribution in [0.1, 0.15) is 54.1 Å². The van der Waals surface area contributed by atoms with E-state index in [4.69, 9.17) is 9.47 Å². The summed E-state index contributed by atoms with van der Waals surface area (Å²) in [5.74, 6) is -1.90. The molecule has 0 unspecified atom stereocenters. The van der Waals surface area contributed by atoms with Gasteiger partial charge < -0.3 is 20.1 Å². The Morgan fingerprint density at radius 1 is 0.788 bits per heavy atom. The second-order valence-corrected chi connectivity index (χ2v) is 7.70. The molecular formula is C25H30N2O6. The summed E-state index contributed by atoms with van der Waals surface area (Å²) in [6, 6.07) is 11.9. The van der Waals surface area contributed by atoms with E-state index >= 15 is 0 Å². The lowest BCUT2D eigenvalue weighted by molar-refractivity contribution is -0.147. The zero-order valence-corrected chi connectivity index (χ0v) is 19.2. The number of hydrogen-bond acceptors (Lipinski definition) is 6.